The monoisotopic (exact) mass is 282 g/mol. The number of carbonyl (C=O) groups excluding carboxylic acids is 1. The van der Waals surface area contributed by atoms with Crippen LogP contribution in [0.4, 0.5) is 5.82 Å². The summed E-state index contributed by atoms with van der Waals surface area (Å²) in [5.41, 5.74) is 2.16. The smallest absolute Gasteiger partial charge is 0.228 e. The average molecular weight is 283 g/mol. The lowest BCUT2D eigenvalue weighted by atomic mass is 10.0. The van der Waals surface area contributed by atoms with Gasteiger partial charge in [-0.15, -0.1) is 12.4 Å². The molecule has 3 rings (SSSR count). The van der Waals surface area contributed by atoms with Crippen LogP contribution in [0.25, 0.3) is 0 Å². The molecule has 1 atom stereocenters. The summed E-state index contributed by atoms with van der Waals surface area (Å²) in [6.45, 7) is 3.99. The molecule has 0 bridgehead atoms. The first-order chi connectivity index (χ1) is 8.66. The first kappa shape index (κ1) is 14.2. The van der Waals surface area contributed by atoms with E-state index in [1.165, 1.54) is 0 Å². The van der Waals surface area contributed by atoms with E-state index in [0.29, 0.717) is 12.3 Å². The van der Waals surface area contributed by atoms with Gasteiger partial charge in [0.05, 0.1) is 0 Å². The van der Waals surface area contributed by atoms with Crippen molar-refractivity contribution in [3.63, 3.8) is 0 Å². The van der Waals surface area contributed by atoms with Gasteiger partial charge in [-0.05, 0) is 26.3 Å². The van der Waals surface area contributed by atoms with E-state index in [9.17, 15) is 4.79 Å². The summed E-state index contributed by atoms with van der Waals surface area (Å²) in [7, 11) is 1.81. The van der Waals surface area contributed by atoms with Gasteiger partial charge < -0.3 is 5.32 Å². The largest absolute Gasteiger partial charge is 0.316 e. The molecule has 0 spiro atoms. The van der Waals surface area contributed by atoms with E-state index in [1.54, 1.807) is 4.90 Å². The lowest BCUT2D eigenvalue weighted by Crippen LogP contribution is -2.33. The van der Waals surface area contributed by atoms with Gasteiger partial charge in [-0.3, -0.25) is 9.69 Å². The van der Waals surface area contributed by atoms with Gasteiger partial charge in [0.1, 0.15) is 11.6 Å². The number of nitrogens with zero attached hydrogens (tertiary/aromatic N) is 3. The fourth-order valence-corrected chi connectivity index (χ4v) is 2.75. The van der Waals surface area contributed by atoms with Crippen LogP contribution in [0, 0.1) is 6.92 Å². The molecule has 0 aromatic carbocycles. The fraction of sp³-hybridized carbons (Fsp3) is 0.615. The van der Waals surface area contributed by atoms with Crippen LogP contribution in [0.2, 0.25) is 0 Å². The molecule has 1 fully saturated rings. The molecule has 6 heteroatoms. The molecule has 1 amide bonds. The average Bonchev–Trinajstić information content (AvgIpc) is 2.88. The molecule has 3 heterocycles. The third-order valence-corrected chi connectivity index (χ3v) is 3.92. The molecule has 104 valence electrons. The summed E-state index contributed by atoms with van der Waals surface area (Å²) in [6, 6.07) is 0. The predicted molar refractivity (Wildman–Crippen MR) is 76.0 cm³/mol. The number of rotatable bonds is 1. The van der Waals surface area contributed by atoms with E-state index in [2.05, 4.69) is 15.3 Å². The number of hydrogen-bond donors (Lipinski definition) is 1. The van der Waals surface area contributed by atoms with E-state index in [1.807, 2.05) is 14.0 Å². The second-order valence-corrected chi connectivity index (χ2v) is 5.11. The lowest BCUT2D eigenvalue weighted by Gasteiger charge is -2.26. The van der Waals surface area contributed by atoms with Gasteiger partial charge in [-0.25, -0.2) is 9.97 Å². The van der Waals surface area contributed by atoms with Crippen molar-refractivity contribution in [3.05, 3.63) is 17.1 Å². The standard InChI is InChI=1S/C13H18N4O.ClH/c1-8-10-3-4-11(18)17(2)13(10)16-12(15-8)9-5-6-14-7-9;/h9,14H,3-7H2,1-2H3;1H. The maximum absolute atomic E-state index is 11.8. The second kappa shape index (κ2) is 5.43. The zero-order valence-corrected chi connectivity index (χ0v) is 12.1. The van der Waals surface area contributed by atoms with Gasteiger partial charge >= 0.3 is 0 Å². The van der Waals surface area contributed by atoms with Gasteiger partial charge in [0, 0.05) is 37.2 Å². The van der Waals surface area contributed by atoms with Crippen molar-refractivity contribution in [1.29, 1.82) is 0 Å². The molecular formula is C13H19ClN4O. The number of aromatic nitrogens is 2. The molecule has 2 aliphatic rings. The Morgan fingerprint density at radius 1 is 1.32 bits per heavy atom. The molecule has 0 aliphatic carbocycles. The minimum absolute atomic E-state index is 0. The minimum atomic E-state index is 0. The Kier molecular flexibility index (Phi) is 4.06. The highest BCUT2D eigenvalue weighted by atomic mass is 35.5. The molecule has 0 radical (unpaired) electrons. The molecule has 0 saturated carbocycles. The number of amides is 1. The van der Waals surface area contributed by atoms with E-state index < -0.39 is 0 Å². The first-order valence-electron chi connectivity index (χ1n) is 6.51. The van der Waals surface area contributed by atoms with Crippen molar-refractivity contribution in [2.24, 2.45) is 0 Å². The Bertz CT molecular complexity index is 500. The summed E-state index contributed by atoms with van der Waals surface area (Å²) in [5.74, 6) is 2.24. The Labute approximate surface area is 119 Å². The first-order valence-corrected chi connectivity index (χ1v) is 6.51. The van der Waals surface area contributed by atoms with Crippen LogP contribution in [0.15, 0.2) is 0 Å². The van der Waals surface area contributed by atoms with Crippen LogP contribution in [0.3, 0.4) is 0 Å². The predicted octanol–water partition coefficient (Wildman–Crippen LogP) is 1.19. The number of nitrogens with one attached hydrogen (secondary N) is 1. The minimum Gasteiger partial charge on any atom is -0.316 e. The van der Waals surface area contributed by atoms with E-state index in [-0.39, 0.29) is 18.3 Å². The van der Waals surface area contributed by atoms with Crippen molar-refractivity contribution < 1.29 is 4.79 Å². The van der Waals surface area contributed by atoms with Crippen LogP contribution in [0.1, 0.15) is 35.8 Å². The van der Waals surface area contributed by atoms with Gasteiger partial charge in [-0.2, -0.15) is 0 Å². The van der Waals surface area contributed by atoms with Crippen molar-refractivity contribution >= 4 is 24.1 Å². The molecule has 1 unspecified atom stereocenters. The van der Waals surface area contributed by atoms with Gasteiger partial charge in [0.15, 0.2) is 0 Å². The van der Waals surface area contributed by atoms with Crippen molar-refractivity contribution in [2.75, 3.05) is 25.0 Å². The van der Waals surface area contributed by atoms with Crippen molar-refractivity contribution in [3.8, 4) is 0 Å². The molecule has 1 aromatic heterocycles. The van der Waals surface area contributed by atoms with Gasteiger partial charge in [-0.1, -0.05) is 0 Å². The summed E-state index contributed by atoms with van der Waals surface area (Å²) < 4.78 is 0. The van der Waals surface area contributed by atoms with E-state index in [0.717, 1.165) is 48.8 Å². The van der Waals surface area contributed by atoms with E-state index >= 15 is 0 Å². The van der Waals surface area contributed by atoms with Crippen molar-refractivity contribution in [2.45, 2.75) is 32.1 Å². The van der Waals surface area contributed by atoms with Crippen LogP contribution >= 0.6 is 12.4 Å². The molecule has 2 aliphatic heterocycles. The Morgan fingerprint density at radius 2 is 2.11 bits per heavy atom. The number of fused-ring (bicyclic) bond motifs is 1. The fourth-order valence-electron chi connectivity index (χ4n) is 2.75. The highest BCUT2D eigenvalue weighted by Gasteiger charge is 2.27. The topological polar surface area (TPSA) is 58.1 Å². The Balaban J connectivity index is 0.00000133. The summed E-state index contributed by atoms with van der Waals surface area (Å²) in [5, 5.41) is 3.33. The maximum atomic E-state index is 11.8. The Hall–Kier alpha value is -1.20. The zero-order chi connectivity index (χ0) is 12.7. The maximum Gasteiger partial charge on any atom is 0.228 e. The van der Waals surface area contributed by atoms with Crippen molar-refractivity contribution in [1.82, 2.24) is 15.3 Å². The van der Waals surface area contributed by atoms with Crippen LogP contribution in [0.5, 0.6) is 0 Å². The summed E-state index contributed by atoms with van der Waals surface area (Å²) >= 11 is 0. The lowest BCUT2D eigenvalue weighted by molar-refractivity contribution is -0.118. The number of hydrogen-bond acceptors (Lipinski definition) is 4. The van der Waals surface area contributed by atoms with Crippen LogP contribution in [-0.4, -0.2) is 36.0 Å². The number of carbonyl (C=O) groups is 1. The Morgan fingerprint density at radius 3 is 2.79 bits per heavy atom. The zero-order valence-electron chi connectivity index (χ0n) is 11.3. The molecule has 1 saturated heterocycles. The molecular weight excluding hydrogens is 264 g/mol. The van der Waals surface area contributed by atoms with Crippen LogP contribution in [-0.2, 0) is 11.2 Å². The molecule has 19 heavy (non-hydrogen) atoms. The van der Waals surface area contributed by atoms with Gasteiger partial charge in [0.25, 0.3) is 0 Å². The number of anilines is 1. The quantitative estimate of drug-likeness (QED) is 0.841. The molecule has 1 N–H and O–H groups in total. The summed E-state index contributed by atoms with van der Waals surface area (Å²) in [6.07, 6.45) is 2.42. The number of halogens is 1. The number of aryl methyl sites for hydroxylation is 1. The van der Waals surface area contributed by atoms with Crippen LogP contribution < -0.4 is 10.2 Å². The highest BCUT2D eigenvalue weighted by Crippen LogP contribution is 2.29. The third kappa shape index (κ3) is 2.44. The highest BCUT2D eigenvalue weighted by molar-refractivity contribution is 5.94. The van der Waals surface area contributed by atoms with Gasteiger partial charge in [0.2, 0.25) is 5.91 Å². The van der Waals surface area contributed by atoms with E-state index in [4.69, 9.17) is 0 Å². The molecule has 5 nitrogen and oxygen atoms in total. The second-order valence-electron chi connectivity index (χ2n) is 5.11. The third-order valence-electron chi connectivity index (χ3n) is 3.92. The molecule has 1 aromatic rings. The normalized spacial score (nSPS) is 22.1. The SMILES string of the molecule is Cc1nc(C2CCNC2)nc2c1CCC(=O)N2C.Cl. The summed E-state index contributed by atoms with van der Waals surface area (Å²) in [4.78, 5) is 22.7.